The molecule has 0 bridgehead atoms. The summed E-state index contributed by atoms with van der Waals surface area (Å²) in [5, 5.41) is 0.429. The molecule has 0 saturated carbocycles. The first-order valence-electron chi connectivity index (χ1n) is 7.02. The van der Waals surface area contributed by atoms with Gasteiger partial charge in [0.05, 0.1) is 5.60 Å². The Hall–Kier alpha value is -0.290. The molecule has 2 aliphatic rings. The topological polar surface area (TPSA) is 35.2 Å². The summed E-state index contributed by atoms with van der Waals surface area (Å²) in [6.07, 6.45) is 3.04. The van der Waals surface area contributed by atoms with Crippen molar-refractivity contribution >= 4 is 23.4 Å². The van der Waals surface area contributed by atoms with Crippen LogP contribution in [-0.2, 0) is 4.74 Å². The quantitative estimate of drug-likeness (QED) is 0.902. The highest BCUT2D eigenvalue weighted by Gasteiger charge is 2.42. The molecule has 5 heteroatoms. The van der Waals surface area contributed by atoms with E-state index in [2.05, 4.69) is 0 Å². The first kappa shape index (κ1) is 14.6. The fraction of sp³-hybridized carbons (Fsp3) is 0.600. The van der Waals surface area contributed by atoms with Gasteiger partial charge in [-0.05, 0) is 48.6 Å². The lowest BCUT2D eigenvalue weighted by Crippen LogP contribution is -2.42. The second-order valence-electron chi connectivity index (χ2n) is 5.78. The van der Waals surface area contributed by atoms with Crippen LogP contribution in [0.1, 0.15) is 30.9 Å². The monoisotopic (exact) mass is 315 g/mol. The van der Waals surface area contributed by atoms with Gasteiger partial charge in [0.15, 0.2) is 0 Å². The van der Waals surface area contributed by atoms with Crippen molar-refractivity contribution in [3.63, 3.8) is 0 Å². The molecule has 20 heavy (non-hydrogen) atoms. The Morgan fingerprint density at radius 3 is 3.05 bits per heavy atom. The summed E-state index contributed by atoms with van der Waals surface area (Å²) in [5.41, 5.74) is 7.26. The van der Waals surface area contributed by atoms with Crippen molar-refractivity contribution in [1.82, 2.24) is 0 Å². The lowest BCUT2D eigenvalue weighted by Gasteiger charge is -2.40. The molecule has 3 rings (SSSR count). The molecule has 0 amide bonds. The van der Waals surface area contributed by atoms with Gasteiger partial charge in [0.2, 0.25) is 0 Å². The Kier molecular flexibility index (Phi) is 4.27. The Morgan fingerprint density at radius 1 is 1.50 bits per heavy atom. The van der Waals surface area contributed by atoms with E-state index >= 15 is 0 Å². The van der Waals surface area contributed by atoms with Crippen molar-refractivity contribution in [1.29, 1.82) is 0 Å². The van der Waals surface area contributed by atoms with E-state index in [0.29, 0.717) is 10.9 Å². The number of halogens is 2. The first-order chi connectivity index (χ1) is 9.60. The number of benzene rings is 1. The van der Waals surface area contributed by atoms with Gasteiger partial charge in [0.1, 0.15) is 5.82 Å². The van der Waals surface area contributed by atoms with Crippen LogP contribution < -0.4 is 5.73 Å². The van der Waals surface area contributed by atoms with E-state index in [4.69, 9.17) is 22.1 Å². The highest BCUT2D eigenvalue weighted by Crippen LogP contribution is 2.44. The van der Waals surface area contributed by atoms with Crippen LogP contribution in [0.25, 0.3) is 0 Å². The minimum absolute atomic E-state index is 0.0116. The zero-order valence-corrected chi connectivity index (χ0v) is 12.9. The summed E-state index contributed by atoms with van der Waals surface area (Å²) < 4.78 is 19.2. The molecule has 1 spiro atoms. The fourth-order valence-electron chi connectivity index (χ4n) is 3.26. The molecule has 2 heterocycles. The summed E-state index contributed by atoms with van der Waals surface area (Å²) >= 11 is 8.09. The molecule has 2 aliphatic heterocycles. The van der Waals surface area contributed by atoms with Crippen LogP contribution in [0.2, 0.25) is 5.02 Å². The predicted octanol–water partition coefficient (Wildman–Crippen LogP) is 3.78. The van der Waals surface area contributed by atoms with E-state index in [1.807, 2.05) is 11.8 Å². The number of hydrogen-bond acceptors (Lipinski definition) is 3. The third-order valence-corrected chi connectivity index (χ3v) is 5.98. The van der Waals surface area contributed by atoms with Gasteiger partial charge >= 0.3 is 0 Å². The zero-order chi connectivity index (χ0) is 14.2. The molecule has 2 fully saturated rings. The SMILES string of the molecule is NC(c1ccc(F)cc1Cl)C1CCOC2(CCSC2)C1. The Morgan fingerprint density at radius 2 is 2.35 bits per heavy atom. The molecule has 1 aromatic rings. The first-order valence-corrected chi connectivity index (χ1v) is 8.55. The lowest BCUT2D eigenvalue weighted by molar-refractivity contribution is -0.0834. The number of nitrogens with two attached hydrogens (primary N) is 1. The molecule has 3 atom stereocenters. The average molecular weight is 316 g/mol. The van der Waals surface area contributed by atoms with Crippen LogP contribution in [0.15, 0.2) is 18.2 Å². The standard InChI is InChI=1S/C15H19ClFNOS/c16-13-7-11(17)1-2-12(13)14(18)10-3-5-19-15(8-10)4-6-20-9-15/h1-2,7,10,14H,3-6,8-9,18H2. The van der Waals surface area contributed by atoms with Crippen molar-refractivity contribution in [2.75, 3.05) is 18.1 Å². The minimum atomic E-state index is -0.318. The van der Waals surface area contributed by atoms with Crippen LogP contribution >= 0.6 is 23.4 Å². The van der Waals surface area contributed by atoms with Gasteiger partial charge in [0, 0.05) is 23.4 Å². The Balaban J connectivity index is 1.77. The molecular formula is C15H19ClFNOS. The molecule has 110 valence electrons. The summed E-state index contributed by atoms with van der Waals surface area (Å²) in [4.78, 5) is 0. The average Bonchev–Trinajstić information content (AvgIpc) is 2.86. The molecule has 3 unspecified atom stereocenters. The van der Waals surface area contributed by atoms with E-state index in [9.17, 15) is 4.39 Å². The Labute approximate surface area is 128 Å². The maximum Gasteiger partial charge on any atom is 0.124 e. The largest absolute Gasteiger partial charge is 0.374 e. The third kappa shape index (κ3) is 2.84. The number of thioether (sulfide) groups is 1. The maximum absolute atomic E-state index is 13.1. The van der Waals surface area contributed by atoms with Crippen LogP contribution in [0.5, 0.6) is 0 Å². The van der Waals surface area contributed by atoms with E-state index < -0.39 is 0 Å². The summed E-state index contributed by atoms with van der Waals surface area (Å²) in [7, 11) is 0. The van der Waals surface area contributed by atoms with Crippen molar-refractivity contribution in [2.45, 2.75) is 30.9 Å². The van der Waals surface area contributed by atoms with Crippen molar-refractivity contribution in [3.05, 3.63) is 34.6 Å². The summed E-state index contributed by atoms with van der Waals surface area (Å²) in [5.74, 6) is 2.26. The molecule has 0 radical (unpaired) electrons. The molecule has 2 nitrogen and oxygen atoms in total. The van der Waals surface area contributed by atoms with Gasteiger partial charge in [-0.15, -0.1) is 0 Å². The van der Waals surface area contributed by atoms with Crippen LogP contribution in [0.4, 0.5) is 4.39 Å². The van der Waals surface area contributed by atoms with Gasteiger partial charge in [-0.25, -0.2) is 4.39 Å². The predicted molar refractivity (Wildman–Crippen MR) is 81.7 cm³/mol. The summed E-state index contributed by atoms with van der Waals surface area (Å²) in [6.45, 7) is 0.762. The van der Waals surface area contributed by atoms with Gasteiger partial charge in [0.25, 0.3) is 0 Å². The molecule has 2 N–H and O–H groups in total. The van der Waals surface area contributed by atoms with Gasteiger partial charge in [-0.2, -0.15) is 11.8 Å². The van der Waals surface area contributed by atoms with Crippen LogP contribution in [0.3, 0.4) is 0 Å². The maximum atomic E-state index is 13.1. The van der Waals surface area contributed by atoms with Crippen LogP contribution in [0, 0.1) is 11.7 Å². The second-order valence-corrected chi connectivity index (χ2v) is 7.29. The smallest absolute Gasteiger partial charge is 0.124 e. The molecule has 2 saturated heterocycles. The summed E-state index contributed by atoms with van der Waals surface area (Å²) in [6, 6.07) is 4.35. The molecule has 1 aromatic carbocycles. The van der Waals surface area contributed by atoms with E-state index in [-0.39, 0.29) is 17.5 Å². The Bertz CT molecular complexity index is 493. The van der Waals surface area contributed by atoms with Gasteiger partial charge in [-0.3, -0.25) is 0 Å². The number of ether oxygens (including phenoxy) is 1. The third-order valence-electron chi connectivity index (χ3n) is 4.43. The van der Waals surface area contributed by atoms with Crippen molar-refractivity contribution in [2.24, 2.45) is 11.7 Å². The van der Waals surface area contributed by atoms with Gasteiger partial charge < -0.3 is 10.5 Å². The molecule has 0 aromatic heterocycles. The minimum Gasteiger partial charge on any atom is -0.374 e. The van der Waals surface area contributed by atoms with Crippen molar-refractivity contribution in [3.8, 4) is 0 Å². The second kappa shape index (κ2) is 5.84. The highest BCUT2D eigenvalue weighted by atomic mass is 35.5. The normalized spacial score (nSPS) is 31.6. The fourth-order valence-corrected chi connectivity index (χ4v) is 4.93. The van der Waals surface area contributed by atoms with Crippen molar-refractivity contribution < 1.29 is 9.13 Å². The molecule has 0 aliphatic carbocycles. The lowest BCUT2D eigenvalue weighted by atomic mass is 9.79. The van der Waals surface area contributed by atoms with Crippen LogP contribution in [-0.4, -0.2) is 23.7 Å². The van der Waals surface area contributed by atoms with E-state index in [0.717, 1.165) is 37.2 Å². The molecular weight excluding hydrogens is 297 g/mol. The van der Waals surface area contributed by atoms with E-state index in [1.54, 1.807) is 6.07 Å². The number of hydrogen-bond donors (Lipinski definition) is 1. The van der Waals surface area contributed by atoms with Gasteiger partial charge in [-0.1, -0.05) is 17.7 Å². The zero-order valence-electron chi connectivity index (χ0n) is 11.3. The van der Waals surface area contributed by atoms with E-state index in [1.165, 1.54) is 17.9 Å². The highest BCUT2D eigenvalue weighted by molar-refractivity contribution is 7.99. The number of rotatable bonds is 2.